The molecule has 0 heterocycles. The fourth-order valence-electron chi connectivity index (χ4n) is 3.07. The first-order valence-electron chi connectivity index (χ1n) is 7.45. The third-order valence-corrected chi connectivity index (χ3v) is 4.20. The van der Waals surface area contributed by atoms with Gasteiger partial charge in [0.2, 0.25) is 0 Å². The average molecular weight is 294 g/mol. The Morgan fingerprint density at radius 1 is 1.00 bits per heavy atom. The molecule has 0 radical (unpaired) electrons. The Kier molecular flexibility index (Phi) is 4.05. The Morgan fingerprint density at radius 2 is 1.73 bits per heavy atom. The molecule has 0 aromatic heterocycles. The second-order valence-corrected chi connectivity index (χ2v) is 5.73. The van der Waals surface area contributed by atoms with Crippen molar-refractivity contribution in [1.29, 1.82) is 0 Å². The number of carbonyl (C=O) groups excluding carboxylic acids is 2. The number of methoxy groups -OCH3 is 1. The fraction of sp³-hybridized carbons (Fsp3) is 0.263. The van der Waals surface area contributed by atoms with Gasteiger partial charge in [0, 0.05) is 17.5 Å². The molecule has 0 N–H and O–H groups in total. The number of ketones is 1. The van der Waals surface area contributed by atoms with Gasteiger partial charge in [-0.25, -0.2) is 0 Å². The van der Waals surface area contributed by atoms with Crippen molar-refractivity contribution in [3.05, 3.63) is 70.8 Å². The zero-order valence-corrected chi connectivity index (χ0v) is 12.5. The maximum atomic E-state index is 12.5. The minimum absolute atomic E-state index is 0.0415. The van der Waals surface area contributed by atoms with Crippen LogP contribution in [0, 0.1) is 5.92 Å². The number of hydrogen-bond donors (Lipinski definition) is 0. The summed E-state index contributed by atoms with van der Waals surface area (Å²) in [4.78, 5) is 23.9. The lowest BCUT2D eigenvalue weighted by Crippen LogP contribution is -2.09. The Bertz CT molecular complexity index is 704. The van der Waals surface area contributed by atoms with Gasteiger partial charge in [-0.05, 0) is 36.0 Å². The largest absolute Gasteiger partial charge is 0.469 e. The summed E-state index contributed by atoms with van der Waals surface area (Å²) in [6, 6.07) is 15.2. The molecular weight excluding hydrogens is 276 g/mol. The summed E-state index contributed by atoms with van der Waals surface area (Å²) < 4.78 is 4.74. The second-order valence-electron chi connectivity index (χ2n) is 5.73. The molecule has 2 aromatic carbocycles. The van der Waals surface area contributed by atoms with Crippen LogP contribution in [0.3, 0.4) is 0 Å². The van der Waals surface area contributed by atoms with Gasteiger partial charge in [0.15, 0.2) is 5.78 Å². The van der Waals surface area contributed by atoms with E-state index in [0.29, 0.717) is 17.5 Å². The van der Waals surface area contributed by atoms with Crippen LogP contribution in [0.4, 0.5) is 0 Å². The van der Waals surface area contributed by atoms with Gasteiger partial charge < -0.3 is 4.74 Å². The van der Waals surface area contributed by atoms with Crippen molar-refractivity contribution >= 4 is 11.8 Å². The predicted octanol–water partition coefficient (Wildman–Crippen LogP) is 3.20. The molecule has 0 bridgehead atoms. The first-order chi connectivity index (χ1) is 10.7. The van der Waals surface area contributed by atoms with Crippen LogP contribution in [0.2, 0.25) is 0 Å². The van der Waals surface area contributed by atoms with E-state index < -0.39 is 0 Å². The number of fused-ring (bicyclic) bond motifs is 1. The first-order valence-corrected chi connectivity index (χ1v) is 7.45. The van der Waals surface area contributed by atoms with Crippen molar-refractivity contribution in [3.63, 3.8) is 0 Å². The Labute approximate surface area is 129 Å². The monoisotopic (exact) mass is 294 g/mol. The van der Waals surface area contributed by atoms with Gasteiger partial charge in [-0.2, -0.15) is 0 Å². The molecule has 0 aliphatic heterocycles. The number of hydrogen-bond acceptors (Lipinski definition) is 3. The van der Waals surface area contributed by atoms with Gasteiger partial charge in [0.1, 0.15) is 0 Å². The Hall–Kier alpha value is -2.42. The normalized spacial score (nSPS) is 16.1. The highest BCUT2D eigenvalue weighted by Crippen LogP contribution is 2.30. The maximum absolute atomic E-state index is 12.5. The van der Waals surface area contributed by atoms with Gasteiger partial charge in [-0.1, -0.05) is 42.5 Å². The molecule has 0 saturated heterocycles. The van der Waals surface area contributed by atoms with Gasteiger partial charge >= 0.3 is 5.97 Å². The first kappa shape index (κ1) is 14.5. The van der Waals surface area contributed by atoms with E-state index >= 15 is 0 Å². The number of benzene rings is 2. The molecule has 1 unspecified atom stereocenters. The van der Waals surface area contributed by atoms with Gasteiger partial charge in [-0.3, -0.25) is 9.59 Å². The molecule has 0 spiro atoms. The van der Waals surface area contributed by atoms with Crippen LogP contribution in [-0.4, -0.2) is 18.9 Å². The van der Waals surface area contributed by atoms with E-state index in [4.69, 9.17) is 4.74 Å². The maximum Gasteiger partial charge on any atom is 0.305 e. The molecule has 22 heavy (non-hydrogen) atoms. The van der Waals surface area contributed by atoms with Crippen molar-refractivity contribution in [2.75, 3.05) is 7.11 Å². The van der Waals surface area contributed by atoms with Gasteiger partial charge in [0.05, 0.1) is 7.11 Å². The van der Waals surface area contributed by atoms with E-state index in [1.165, 1.54) is 18.2 Å². The van der Waals surface area contributed by atoms with E-state index in [1.807, 2.05) is 48.5 Å². The van der Waals surface area contributed by atoms with E-state index in [0.717, 1.165) is 12.8 Å². The lowest BCUT2D eigenvalue weighted by Gasteiger charge is -2.05. The van der Waals surface area contributed by atoms with E-state index in [2.05, 4.69) is 0 Å². The number of esters is 1. The summed E-state index contributed by atoms with van der Waals surface area (Å²) in [5, 5.41) is 0. The molecule has 3 rings (SSSR count). The van der Waals surface area contributed by atoms with Crippen molar-refractivity contribution in [2.45, 2.75) is 19.3 Å². The lowest BCUT2D eigenvalue weighted by molar-refractivity contribution is -0.141. The van der Waals surface area contributed by atoms with Crippen LogP contribution < -0.4 is 0 Å². The smallest absolute Gasteiger partial charge is 0.305 e. The molecule has 3 nitrogen and oxygen atoms in total. The molecule has 2 aromatic rings. The van der Waals surface area contributed by atoms with Crippen molar-refractivity contribution < 1.29 is 14.3 Å². The summed E-state index contributed by atoms with van der Waals surface area (Å²) in [5.41, 5.74) is 3.82. The summed E-state index contributed by atoms with van der Waals surface area (Å²) in [6.07, 6.45) is 2.15. The molecule has 0 fully saturated rings. The topological polar surface area (TPSA) is 43.4 Å². The molecule has 1 atom stereocenters. The van der Waals surface area contributed by atoms with Crippen LogP contribution >= 0.6 is 0 Å². The zero-order chi connectivity index (χ0) is 15.5. The molecule has 0 amide bonds. The predicted molar refractivity (Wildman–Crippen MR) is 83.8 cm³/mol. The molecular formula is C19H18O3. The van der Waals surface area contributed by atoms with Gasteiger partial charge in [-0.15, -0.1) is 0 Å². The highest BCUT2D eigenvalue weighted by Gasteiger charge is 2.25. The van der Waals surface area contributed by atoms with Crippen molar-refractivity contribution in [3.8, 4) is 0 Å². The number of ether oxygens (including phenoxy) is 1. The highest BCUT2D eigenvalue weighted by atomic mass is 16.5. The summed E-state index contributed by atoms with van der Waals surface area (Å²) >= 11 is 0. The average Bonchev–Trinajstić information content (AvgIpc) is 2.96. The fourth-order valence-corrected chi connectivity index (χ4v) is 3.07. The van der Waals surface area contributed by atoms with Crippen molar-refractivity contribution in [1.82, 2.24) is 0 Å². The van der Waals surface area contributed by atoms with Crippen LogP contribution in [-0.2, 0) is 22.4 Å². The van der Waals surface area contributed by atoms with Crippen molar-refractivity contribution in [2.24, 2.45) is 5.92 Å². The molecule has 3 heteroatoms. The Morgan fingerprint density at radius 3 is 2.45 bits per heavy atom. The highest BCUT2D eigenvalue weighted by molar-refractivity contribution is 6.09. The summed E-state index contributed by atoms with van der Waals surface area (Å²) in [5.74, 6) is 0.155. The van der Waals surface area contributed by atoms with Gasteiger partial charge in [0.25, 0.3) is 0 Å². The van der Waals surface area contributed by atoms with Crippen LogP contribution in [0.15, 0.2) is 48.5 Å². The summed E-state index contributed by atoms with van der Waals surface area (Å²) in [6.45, 7) is 0. The SMILES string of the molecule is COC(=O)CC1Cc2ccc(C(=O)c3ccccc3)cc2C1. The molecule has 1 aliphatic rings. The van der Waals surface area contributed by atoms with Crippen LogP contribution in [0.25, 0.3) is 0 Å². The number of carbonyl (C=O) groups is 2. The zero-order valence-electron chi connectivity index (χ0n) is 12.5. The Balaban J connectivity index is 1.78. The van der Waals surface area contributed by atoms with Crippen LogP contribution in [0.5, 0.6) is 0 Å². The molecule has 112 valence electrons. The minimum atomic E-state index is -0.168. The quantitative estimate of drug-likeness (QED) is 0.642. The lowest BCUT2D eigenvalue weighted by atomic mass is 9.99. The number of rotatable bonds is 4. The van der Waals surface area contributed by atoms with E-state index in [-0.39, 0.29) is 17.7 Å². The molecule has 1 aliphatic carbocycles. The summed E-state index contributed by atoms with van der Waals surface area (Å²) in [7, 11) is 1.42. The van der Waals surface area contributed by atoms with E-state index in [9.17, 15) is 9.59 Å². The third-order valence-electron chi connectivity index (χ3n) is 4.20. The van der Waals surface area contributed by atoms with Crippen LogP contribution in [0.1, 0.15) is 33.5 Å². The third kappa shape index (κ3) is 2.93. The molecule has 0 saturated carbocycles. The minimum Gasteiger partial charge on any atom is -0.469 e. The standard InChI is InChI=1S/C19H18O3/c1-22-18(20)11-13-9-15-7-8-16(12-17(15)10-13)19(21)14-5-3-2-4-6-14/h2-8,12-13H,9-11H2,1H3. The second kappa shape index (κ2) is 6.14. The van der Waals surface area contributed by atoms with E-state index in [1.54, 1.807) is 0 Å².